The van der Waals surface area contributed by atoms with Crippen LogP contribution in [0.1, 0.15) is 25.3 Å². The molecule has 0 aliphatic rings. The van der Waals surface area contributed by atoms with Crippen molar-refractivity contribution in [1.29, 1.82) is 0 Å². The summed E-state index contributed by atoms with van der Waals surface area (Å²) >= 11 is 0. The number of benzene rings is 2. The largest absolute Gasteiger partial charge is 0.497 e. The molecule has 0 aliphatic heterocycles. The summed E-state index contributed by atoms with van der Waals surface area (Å²) in [5, 5.41) is 0. The maximum absolute atomic E-state index is 5.83. The third-order valence-corrected chi connectivity index (χ3v) is 2.80. The van der Waals surface area contributed by atoms with E-state index in [-0.39, 0.29) is 0 Å². The predicted octanol–water partition coefficient (Wildman–Crippen LogP) is 4.61. The van der Waals surface area contributed by atoms with Crippen LogP contribution in [-0.2, 0) is 0 Å². The Kier molecular flexibility index (Phi) is 3.88. The second-order valence-electron chi connectivity index (χ2n) is 4.51. The minimum absolute atomic E-state index is 0.499. The summed E-state index contributed by atoms with van der Waals surface area (Å²) < 4.78 is 11.0. The fraction of sp³-hybridized carbons (Fsp3) is 0.250. The summed E-state index contributed by atoms with van der Waals surface area (Å²) in [7, 11) is 1.65. The molecular weight excluding hydrogens is 224 g/mol. The van der Waals surface area contributed by atoms with Gasteiger partial charge in [0.25, 0.3) is 0 Å². The van der Waals surface area contributed by atoms with E-state index in [2.05, 4.69) is 26.0 Å². The standard InChI is InChI=1S/C16H18O2/c1-12(2)13-6-4-8-15(10-13)18-16-9-5-7-14(11-16)17-3/h4-12H,1-3H3. The van der Waals surface area contributed by atoms with E-state index in [1.807, 2.05) is 36.4 Å². The molecule has 0 amide bonds. The second kappa shape index (κ2) is 5.58. The first-order chi connectivity index (χ1) is 8.69. The van der Waals surface area contributed by atoms with Gasteiger partial charge < -0.3 is 9.47 Å². The van der Waals surface area contributed by atoms with Crippen molar-refractivity contribution in [3.05, 3.63) is 54.1 Å². The van der Waals surface area contributed by atoms with Crippen molar-refractivity contribution in [1.82, 2.24) is 0 Å². The molecule has 2 heteroatoms. The molecule has 0 aromatic heterocycles. The maximum atomic E-state index is 5.83. The van der Waals surface area contributed by atoms with Crippen molar-refractivity contribution in [3.63, 3.8) is 0 Å². The summed E-state index contributed by atoms with van der Waals surface area (Å²) in [4.78, 5) is 0. The number of rotatable bonds is 4. The van der Waals surface area contributed by atoms with Crippen LogP contribution < -0.4 is 9.47 Å². The quantitative estimate of drug-likeness (QED) is 0.779. The summed E-state index contributed by atoms with van der Waals surface area (Å²) in [5.74, 6) is 2.94. The summed E-state index contributed by atoms with van der Waals surface area (Å²) in [6.07, 6.45) is 0. The van der Waals surface area contributed by atoms with Crippen LogP contribution in [0.5, 0.6) is 17.2 Å². The van der Waals surface area contributed by atoms with Gasteiger partial charge in [-0.05, 0) is 35.7 Å². The Morgan fingerprint density at radius 3 is 2.11 bits per heavy atom. The van der Waals surface area contributed by atoms with Crippen molar-refractivity contribution in [2.24, 2.45) is 0 Å². The molecule has 0 N–H and O–H groups in total. The summed E-state index contributed by atoms with van der Waals surface area (Å²) in [5.41, 5.74) is 1.27. The normalized spacial score (nSPS) is 10.4. The Labute approximate surface area is 108 Å². The summed E-state index contributed by atoms with van der Waals surface area (Å²) in [6.45, 7) is 4.34. The fourth-order valence-corrected chi connectivity index (χ4v) is 1.74. The first-order valence-electron chi connectivity index (χ1n) is 6.11. The lowest BCUT2D eigenvalue weighted by atomic mass is 10.0. The van der Waals surface area contributed by atoms with Crippen LogP contribution in [0.3, 0.4) is 0 Å². The minimum atomic E-state index is 0.499. The van der Waals surface area contributed by atoms with E-state index in [1.165, 1.54) is 5.56 Å². The number of hydrogen-bond acceptors (Lipinski definition) is 2. The van der Waals surface area contributed by atoms with Gasteiger partial charge >= 0.3 is 0 Å². The summed E-state index contributed by atoms with van der Waals surface area (Å²) in [6, 6.07) is 15.8. The van der Waals surface area contributed by atoms with Crippen LogP contribution in [0.15, 0.2) is 48.5 Å². The van der Waals surface area contributed by atoms with Gasteiger partial charge in [-0.3, -0.25) is 0 Å². The Morgan fingerprint density at radius 2 is 1.44 bits per heavy atom. The van der Waals surface area contributed by atoms with Gasteiger partial charge in [0.05, 0.1) is 7.11 Å². The molecule has 0 radical (unpaired) electrons. The fourth-order valence-electron chi connectivity index (χ4n) is 1.74. The van der Waals surface area contributed by atoms with Crippen LogP contribution in [0.4, 0.5) is 0 Å². The first kappa shape index (κ1) is 12.5. The highest BCUT2D eigenvalue weighted by Crippen LogP contribution is 2.27. The zero-order valence-corrected chi connectivity index (χ0v) is 11.0. The molecular formula is C16H18O2. The van der Waals surface area contributed by atoms with Crippen molar-refractivity contribution in [2.75, 3.05) is 7.11 Å². The highest BCUT2D eigenvalue weighted by Gasteiger charge is 2.03. The first-order valence-corrected chi connectivity index (χ1v) is 6.11. The molecule has 0 heterocycles. The van der Waals surface area contributed by atoms with E-state index >= 15 is 0 Å². The minimum Gasteiger partial charge on any atom is -0.497 e. The van der Waals surface area contributed by atoms with E-state index in [0.717, 1.165) is 17.2 Å². The lowest BCUT2D eigenvalue weighted by Crippen LogP contribution is -1.90. The molecule has 2 nitrogen and oxygen atoms in total. The Bertz CT molecular complexity index is 518. The molecule has 18 heavy (non-hydrogen) atoms. The molecule has 2 rings (SSSR count). The molecule has 0 atom stereocenters. The van der Waals surface area contributed by atoms with Crippen LogP contribution in [-0.4, -0.2) is 7.11 Å². The molecule has 0 bridgehead atoms. The van der Waals surface area contributed by atoms with Crippen molar-refractivity contribution in [2.45, 2.75) is 19.8 Å². The van der Waals surface area contributed by atoms with Gasteiger partial charge in [0.2, 0.25) is 0 Å². The van der Waals surface area contributed by atoms with Gasteiger partial charge in [-0.2, -0.15) is 0 Å². The molecule has 0 saturated carbocycles. The van der Waals surface area contributed by atoms with E-state index in [4.69, 9.17) is 9.47 Å². The monoisotopic (exact) mass is 242 g/mol. The highest BCUT2D eigenvalue weighted by atomic mass is 16.5. The van der Waals surface area contributed by atoms with Gasteiger partial charge in [0.1, 0.15) is 17.2 Å². The van der Waals surface area contributed by atoms with Gasteiger partial charge in [0.15, 0.2) is 0 Å². The molecule has 0 spiro atoms. The van der Waals surface area contributed by atoms with Gasteiger partial charge in [-0.1, -0.05) is 32.0 Å². The van der Waals surface area contributed by atoms with Crippen LogP contribution in [0.2, 0.25) is 0 Å². The SMILES string of the molecule is COc1cccc(Oc2cccc(C(C)C)c2)c1. The molecule has 2 aromatic carbocycles. The molecule has 0 saturated heterocycles. The number of hydrogen-bond donors (Lipinski definition) is 0. The highest BCUT2D eigenvalue weighted by molar-refractivity contribution is 5.38. The average molecular weight is 242 g/mol. The van der Waals surface area contributed by atoms with E-state index in [1.54, 1.807) is 7.11 Å². The van der Waals surface area contributed by atoms with Gasteiger partial charge in [-0.15, -0.1) is 0 Å². The van der Waals surface area contributed by atoms with Gasteiger partial charge in [0, 0.05) is 6.07 Å². The Morgan fingerprint density at radius 1 is 0.833 bits per heavy atom. The van der Waals surface area contributed by atoms with Crippen LogP contribution in [0, 0.1) is 0 Å². The Hall–Kier alpha value is -1.96. The van der Waals surface area contributed by atoms with E-state index in [0.29, 0.717) is 5.92 Å². The van der Waals surface area contributed by atoms with Crippen molar-refractivity contribution < 1.29 is 9.47 Å². The molecule has 0 fully saturated rings. The molecule has 94 valence electrons. The lowest BCUT2D eigenvalue weighted by Gasteiger charge is -2.10. The number of ether oxygens (including phenoxy) is 2. The second-order valence-corrected chi connectivity index (χ2v) is 4.51. The lowest BCUT2D eigenvalue weighted by molar-refractivity contribution is 0.409. The third kappa shape index (κ3) is 3.04. The van der Waals surface area contributed by atoms with E-state index in [9.17, 15) is 0 Å². The van der Waals surface area contributed by atoms with Crippen molar-refractivity contribution in [3.8, 4) is 17.2 Å². The maximum Gasteiger partial charge on any atom is 0.131 e. The van der Waals surface area contributed by atoms with E-state index < -0.39 is 0 Å². The molecule has 0 aliphatic carbocycles. The average Bonchev–Trinajstić information content (AvgIpc) is 2.39. The third-order valence-electron chi connectivity index (χ3n) is 2.80. The topological polar surface area (TPSA) is 18.5 Å². The van der Waals surface area contributed by atoms with Crippen molar-refractivity contribution >= 4 is 0 Å². The zero-order valence-electron chi connectivity index (χ0n) is 11.0. The zero-order chi connectivity index (χ0) is 13.0. The predicted molar refractivity (Wildman–Crippen MR) is 73.6 cm³/mol. The number of methoxy groups -OCH3 is 1. The smallest absolute Gasteiger partial charge is 0.131 e. The molecule has 0 unspecified atom stereocenters. The Balaban J connectivity index is 2.20. The van der Waals surface area contributed by atoms with Crippen LogP contribution >= 0.6 is 0 Å². The van der Waals surface area contributed by atoms with Gasteiger partial charge in [-0.25, -0.2) is 0 Å². The van der Waals surface area contributed by atoms with Crippen LogP contribution in [0.25, 0.3) is 0 Å². The molecule has 2 aromatic rings.